The summed E-state index contributed by atoms with van der Waals surface area (Å²) in [6, 6.07) is 4.25. The van der Waals surface area contributed by atoms with Gasteiger partial charge in [0.25, 0.3) is 0 Å². The maximum atomic E-state index is 6.40. The number of aromatic nitrogens is 3. The average molecular weight is 293 g/mol. The molecule has 0 spiro atoms. The predicted molar refractivity (Wildman–Crippen MR) is 81.8 cm³/mol. The van der Waals surface area contributed by atoms with E-state index in [1.807, 2.05) is 16.9 Å². The highest BCUT2D eigenvalue weighted by atomic mass is 35.5. The van der Waals surface area contributed by atoms with Gasteiger partial charge in [0.2, 0.25) is 0 Å². The van der Waals surface area contributed by atoms with Crippen molar-refractivity contribution < 1.29 is 0 Å². The number of rotatable bonds is 6. The maximum absolute atomic E-state index is 6.40. The van der Waals surface area contributed by atoms with Crippen molar-refractivity contribution in [2.24, 2.45) is 0 Å². The van der Waals surface area contributed by atoms with Crippen LogP contribution in [0, 0.1) is 0 Å². The summed E-state index contributed by atoms with van der Waals surface area (Å²) in [6.45, 7) is 7.81. The van der Waals surface area contributed by atoms with Crippen LogP contribution in [0.2, 0.25) is 5.02 Å². The van der Waals surface area contributed by atoms with Crippen LogP contribution in [0.3, 0.4) is 0 Å². The van der Waals surface area contributed by atoms with E-state index < -0.39 is 0 Å². The molecule has 0 aliphatic carbocycles. The Morgan fingerprint density at radius 3 is 2.80 bits per heavy atom. The summed E-state index contributed by atoms with van der Waals surface area (Å²) in [5.74, 6) is 0. The van der Waals surface area contributed by atoms with Gasteiger partial charge in [0.1, 0.15) is 0 Å². The third-order valence-electron chi connectivity index (χ3n) is 3.45. The van der Waals surface area contributed by atoms with E-state index in [2.05, 4.69) is 42.2 Å². The first kappa shape index (κ1) is 15.0. The van der Waals surface area contributed by atoms with Crippen LogP contribution < -0.4 is 5.32 Å². The molecule has 1 atom stereocenters. The molecule has 0 radical (unpaired) electrons. The van der Waals surface area contributed by atoms with Gasteiger partial charge in [-0.25, -0.2) is 0 Å². The molecule has 0 amide bonds. The van der Waals surface area contributed by atoms with E-state index >= 15 is 0 Å². The second-order valence-corrected chi connectivity index (χ2v) is 5.14. The Bertz CT molecular complexity index is 551. The Kier molecular flexibility index (Phi) is 5.15. The highest BCUT2D eigenvalue weighted by Gasteiger charge is 2.15. The molecule has 0 saturated carbocycles. The minimum absolute atomic E-state index is 0.227. The third kappa shape index (κ3) is 3.19. The van der Waals surface area contributed by atoms with Crippen LogP contribution in [0.25, 0.3) is 0 Å². The van der Waals surface area contributed by atoms with E-state index in [0.29, 0.717) is 6.54 Å². The summed E-state index contributed by atoms with van der Waals surface area (Å²) in [5.41, 5.74) is 3.20. The number of pyridine rings is 1. The largest absolute Gasteiger partial charge is 0.304 e. The molecule has 0 bridgehead atoms. The first-order valence-electron chi connectivity index (χ1n) is 7.04. The second kappa shape index (κ2) is 6.86. The number of hydrogen-bond acceptors (Lipinski definition) is 3. The molecule has 2 heterocycles. The fourth-order valence-corrected chi connectivity index (χ4v) is 2.52. The lowest BCUT2D eigenvalue weighted by molar-refractivity contribution is 0.529. The minimum Gasteiger partial charge on any atom is -0.304 e. The minimum atomic E-state index is 0.227. The van der Waals surface area contributed by atoms with Crippen LogP contribution in [0.5, 0.6) is 0 Å². The molecule has 0 aliphatic heterocycles. The van der Waals surface area contributed by atoms with Gasteiger partial charge in [0, 0.05) is 31.5 Å². The van der Waals surface area contributed by atoms with E-state index in [-0.39, 0.29) is 6.04 Å². The van der Waals surface area contributed by atoms with Gasteiger partial charge in [-0.15, -0.1) is 0 Å². The van der Waals surface area contributed by atoms with E-state index in [1.165, 1.54) is 5.56 Å². The van der Waals surface area contributed by atoms with Crippen molar-refractivity contribution in [2.45, 2.75) is 46.3 Å². The summed E-state index contributed by atoms with van der Waals surface area (Å²) in [6.07, 6.45) is 4.53. The zero-order valence-corrected chi connectivity index (χ0v) is 13.0. The molecular formula is C15H21ClN4. The molecule has 0 aliphatic rings. The van der Waals surface area contributed by atoms with Crippen LogP contribution >= 0.6 is 11.6 Å². The summed E-state index contributed by atoms with van der Waals surface area (Å²) in [4.78, 5) is 4.15. The lowest BCUT2D eigenvalue weighted by Crippen LogP contribution is -2.20. The Labute approximate surface area is 125 Å². The monoisotopic (exact) mass is 292 g/mol. The van der Waals surface area contributed by atoms with Gasteiger partial charge < -0.3 is 5.32 Å². The Morgan fingerprint density at radius 1 is 1.40 bits per heavy atom. The second-order valence-electron chi connectivity index (χ2n) is 4.77. The molecule has 0 fully saturated rings. The molecule has 5 heteroatoms. The Morgan fingerprint density at radius 2 is 2.20 bits per heavy atom. The number of aryl methyl sites for hydroxylation is 2. The topological polar surface area (TPSA) is 42.7 Å². The summed E-state index contributed by atoms with van der Waals surface area (Å²) in [7, 11) is 0. The van der Waals surface area contributed by atoms with Crippen molar-refractivity contribution in [2.75, 3.05) is 0 Å². The van der Waals surface area contributed by atoms with Crippen molar-refractivity contribution in [3.8, 4) is 0 Å². The Balaban J connectivity index is 2.09. The van der Waals surface area contributed by atoms with E-state index in [9.17, 15) is 0 Å². The smallest absolute Gasteiger partial charge is 0.0863 e. The molecule has 20 heavy (non-hydrogen) atoms. The molecule has 108 valence electrons. The molecule has 2 aromatic heterocycles. The van der Waals surface area contributed by atoms with Gasteiger partial charge in [-0.05, 0) is 31.9 Å². The fourth-order valence-electron chi connectivity index (χ4n) is 2.19. The first-order chi connectivity index (χ1) is 9.67. The van der Waals surface area contributed by atoms with Crippen molar-refractivity contribution in [3.05, 3.63) is 46.5 Å². The standard InChI is InChI=1S/C15H21ClN4/c1-4-13-15(16)14(20(5-2)19-13)10-18-11(3)12-7-6-8-17-9-12/h6-9,11,18H,4-5,10H2,1-3H3/t11-/m0/s1. The van der Waals surface area contributed by atoms with Crippen LogP contribution in [-0.2, 0) is 19.5 Å². The highest BCUT2D eigenvalue weighted by Crippen LogP contribution is 2.22. The van der Waals surface area contributed by atoms with Crippen LogP contribution in [0.4, 0.5) is 0 Å². The molecule has 0 saturated heterocycles. The summed E-state index contributed by atoms with van der Waals surface area (Å²) >= 11 is 6.40. The number of hydrogen-bond donors (Lipinski definition) is 1. The van der Waals surface area contributed by atoms with Crippen molar-refractivity contribution in [1.82, 2.24) is 20.1 Å². The van der Waals surface area contributed by atoms with E-state index in [4.69, 9.17) is 11.6 Å². The van der Waals surface area contributed by atoms with Gasteiger partial charge in [0.15, 0.2) is 0 Å². The first-order valence-corrected chi connectivity index (χ1v) is 7.42. The Hall–Kier alpha value is -1.39. The average Bonchev–Trinajstić information content (AvgIpc) is 2.81. The van der Waals surface area contributed by atoms with Crippen molar-refractivity contribution in [3.63, 3.8) is 0 Å². The van der Waals surface area contributed by atoms with Crippen molar-refractivity contribution >= 4 is 11.6 Å². The van der Waals surface area contributed by atoms with Gasteiger partial charge >= 0.3 is 0 Å². The molecule has 4 nitrogen and oxygen atoms in total. The maximum Gasteiger partial charge on any atom is 0.0863 e. The van der Waals surface area contributed by atoms with E-state index in [0.717, 1.165) is 29.4 Å². The predicted octanol–water partition coefficient (Wildman–Crippen LogP) is 3.36. The van der Waals surface area contributed by atoms with Gasteiger partial charge in [-0.2, -0.15) is 5.10 Å². The molecule has 2 aromatic rings. The third-order valence-corrected chi connectivity index (χ3v) is 3.89. The normalized spacial score (nSPS) is 12.6. The molecular weight excluding hydrogens is 272 g/mol. The lowest BCUT2D eigenvalue weighted by Gasteiger charge is -2.14. The zero-order chi connectivity index (χ0) is 14.5. The van der Waals surface area contributed by atoms with Gasteiger partial charge in [-0.3, -0.25) is 9.67 Å². The number of halogens is 1. The summed E-state index contributed by atoms with van der Waals surface area (Å²) in [5, 5.41) is 8.80. The molecule has 1 N–H and O–H groups in total. The summed E-state index contributed by atoms with van der Waals surface area (Å²) < 4.78 is 1.98. The number of nitrogens with zero attached hydrogens (tertiary/aromatic N) is 3. The molecule has 0 aromatic carbocycles. The van der Waals surface area contributed by atoms with Gasteiger partial charge in [-0.1, -0.05) is 24.6 Å². The molecule has 0 unspecified atom stereocenters. The quantitative estimate of drug-likeness (QED) is 0.888. The fraction of sp³-hybridized carbons (Fsp3) is 0.467. The van der Waals surface area contributed by atoms with Crippen LogP contribution in [0.1, 0.15) is 43.8 Å². The van der Waals surface area contributed by atoms with E-state index in [1.54, 1.807) is 6.20 Å². The lowest BCUT2D eigenvalue weighted by atomic mass is 10.1. The van der Waals surface area contributed by atoms with Gasteiger partial charge in [0.05, 0.1) is 16.4 Å². The number of nitrogens with one attached hydrogen (secondary N) is 1. The SMILES string of the molecule is CCc1nn(CC)c(CN[C@@H](C)c2cccnc2)c1Cl. The highest BCUT2D eigenvalue weighted by molar-refractivity contribution is 6.31. The van der Waals surface area contributed by atoms with Crippen LogP contribution in [-0.4, -0.2) is 14.8 Å². The van der Waals surface area contributed by atoms with Crippen molar-refractivity contribution in [1.29, 1.82) is 0 Å². The molecule has 2 rings (SSSR count). The zero-order valence-electron chi connectivity index (χ0n) is 12.2. The van der Waals surface area contributed by atoms with Crippen LogP contribution in [0.15, 0.2) is 24.5 Å².